The van der Waals surface area contributed by atoms with Gasteiger partial charge in [0.1, 0.15) is 22.8 Å². The van der Waals surface area contributed by atoms with Crippen molar-refractivity contribution in [1.82, 2.24) is 5.32 Å². The van der Waals surface area contributed by atoms with Gasteiger partial charge < -0.3 is 25.3 Å². The van der Waals surface area contributed by atoms with Crippen LogP contribution in [0.2, 0.25) is 0 Å². The van der Waals surface area contributed by atoms with E-state index in [0.717, 1.165) is 6.92 Å². The Hall–Kier alpha value is -3.66. The first-order valence-electron chi connectivity index (χ1n) is 10.4. The number of ketones is 2. The lowest BCUT2D eigenvalue weighted by molar-refractivity contribution is -0.144. The standard InChI is InChI=1S/C23H24N2O8/c1-9(26)24-22(32)18-15(28)8-11-6-10-7-12-13(25(2)3)4-5-14(27)17(12)19(29)16(10)20(30)23(11,33)21(18)31/h4-5,10-11,27-28,30,33H,6-8H2,1-3H3,(H,24,26,32)/t10-,11+,23+/m1/s1. The van der Waals surface area contributed by atoms with Gasteiger partial charge in [0.15, 0.2) is 11.4 Å². The molecule has 10 heteroatoms. The molecule has 0 heterocycles. The van der Waals surface area contributed by atoms with Crippen molar-refractivity contribution < 1.29 is 39.6 Å². The van der Waals surface area contributed by atoms with E-state index >= 15 is 0 Å². The molecule has 33 heavy (non-hydrogen) atoms. The van der Waals surface area contributed by atoms with Gasteiger partial charge in [-0.2, -0.15) is 0 Å². The van der Waals surface area contributed by atoms with Crippen LogP contribution in [0.3, 0.4) is 0 Å². The van der Waals surface area contributed by atoms with Crippen LogP contribution in [0.15, 0.2) is 34.8 Å². The minimum atomic E-state index is -2.62. The monoisotopic (exact) mass is 456 g/mol. The first-order valence-corrected chi connectivity index (χ1v) is 10.4. The Morgan fingerprint density at radius 2 is 1.79 bits per heavy atom. The van der Waals surface area contributed by atoms with Crippen LogP contribution in [0.1, 0.15) is 35.7 Å². The number of imide groups is 1. The number of amides is 2. The second kappa shape index (κ2) is 7.45. The average Bonchev–Trinajstić information content (AvgIpc) is 2.70. The van der Waals surface area contributed by atoms with Gasteiger partial charge in [-0.15, -0.1) is 0 Å². The molecule has 0 fully saturated rings. The summed E-state index contributed by atoms with van der Waals surface area (Å²) >= 11 is 0. The quantitative estimate of drug-likeness (QED) is 0.405. The van der Waals surface area contributed by atoms with Crippen molar-refractivity contribution in [3.05, 3.63) is 45.9 Å². The molecule has 3 aliphatic rings. The number of rotatable bonds is 2. The van der Waals surface area contributed by atoms with Gasteiger partial charge in [0.05, 0.1) is 5.56 Å². The SMILES string of the molecule is CC(=O)NC(=O)C1=C(O)C[C@@H]2C[C@@H]3Cc4c(N(C)C)ccc(O)c4C(=O)C3=C(O)[C@]2(O)C1=O. The first-order chi connectivity index (χ1) is 15.4. The number of phenolic OH excluding ortho intramolecular Hbond substituents is 1. The minimum Gasteiger partial charge on any atom is -0.511 e. The number of anilines is 1. The van der Waals surface area contributed by atoms with E-state index in [1.165, 1.54) is 6.07 Å². The molecule has 0 aromatic heterocycles. The topological polar surface area (TPSA) is 164 Å². The molecular formula is C23H24N2O8. The number of Topliss-reactive ketones (excluding diaryl/α,β-unsaturated/α-hetero) is 2. The van der Waals surface area contributed by atoms with E-state index in [2.05, 4.69) is 0 Å². The number of benzene rings is 1. The molecular weight excluding hydrogens is 432 g/mol. The number of carbonyl (C=O) groups excluding carboxylic acids is 4. The summed E-state index contributed by atoms with van der Waals surface area (Å²) in [6.45, 7) is 1.04. The van der Waals surface area contributed by atoms with Gasteiger partial charge in [0.2, 0.25) is 11.7 Å². The Morgan fingerprint density at radius 3 is 2.39 bits per heavy atom. The van der Waals surface area contributed by atoms with E-state index in [9.17, 15) is 39.6 Å². The fourth-order valence-corrected chi connectivity index (χ4v) is 5.22. The van der Waals surface area contributed by atoms with Gasteiger partial charge in [-0.25, -0.2) is 0 Å². The first kappa shape index (κ1) is 22.5. The van der Waals surface area contributed by atoms with Crippen LogP contribution in [0.25, 0.3) is 0 Å². The second-order valence-electron chi connectivity index (χ2n) is 8.91. The maximum Gasteiger partial charge on any atom is 0.265 e. The van der Waals surface area contributed by atoms with Gasteiger partial charge in [-0.1, -0.05) is 0 Å². The maximum atomic E-state index is 13.4. The van der Waals surface area contributed by atoms with E-state index in [0.29, 0.717) is 11.3 Å². The molecule has 0 radical (unpaired) electrons. The molecule has 1 aromatic rings. The van der Waals surface area contributed by atoms with Crippen molar-refractivity contribution in [2.24, 2.45) is 11.8 Å². The lowest BCUT2D eigenvalue weighted by Crippen LogP contribution is -2.57. The predicted octanol–water partition coefficient (Wildman–Crippen LogP) is 0.824. The zero-order valence-electron chi connectivity index (χ0n) is 18.3. The molecule has 0 saturated heterocycles. The Balaban J connectivity index is 1.86. The smallest absolute Gasteiger partial charge is 0.265 e. The van der Waals surface area contributed by atoms with Crippen LogP contribution < -0.4 is 10.2 Å². The molecule has 0 aliphatic heterocycles. The van der Waals surface area contributed by atoms with Crippen LogP contribution in [0.5, 0.6) is 5.75 Å². The molecule has 10 nitrogen and oxygen atoms in total. The lowest BCUT2D eigenvalue weighted by atomic mass is 9.60. The Kier molecular flexibility index (Phi) is 5.08. The van der Waals surface area contributed by atoms with Crippen LogP contribution in [0, 0.1) is 11.8 Å². The van der Waals surface area contributed by atoms with Crippen LogP contribution in [0.4, 0.5) is 5.69 Å². The highest BCUT2D eigenvalue weighted by Gasteiger charge is 2.60. The number of phenols is 1. The highest BCUT2D eigenvalue weighted by molar-refractivity contribution is 6.27. The molecule has 0 spiro atoms. The van der Waals surface area contributed by atoms with Crippen molar-refractivity contribution in [2.45, 2.75) is 31.8 Å². The maximum absolute atomic E-state index is 13.4. The van der Waals surface area contributed by atoms with Crippen molar-refractivity contribution in [1.29, 1.82) is 0 Å². The van der Waals surface area contributed by atoms with Crippen LogP contribution >= 0.6 is 0 Å². The van der Waals surface area contributed by atoms with Gasteiger partial charge in [0, 0.05) is 44.6 Å². The number of hydrogen-bond acceptors (Lipinski definition) is 9. The number of allylic oxidation sites excluding steroid dienone is 2. The number of aliphatic hydroxyl groups excluding tert-OH is 2. The number of aromatic hydroxyl groups is 1. The molecule has 174 valence electrons. The summed E-state index contributed by atoms with van der Waals surface area (Å²) in [6.07, 6.45) is 0.0185. The van der Waals surface area contributed by atoms with E-state index < -0.39 is 57.9 Å². The van der Waals surface area contributed by atoms with E-state index in [4.69, 9.17) is 0 Å². The number of nitrogens with one attached hydrogen (secondary N) is 1. The second-order valence-corrected chi connectivity index (χ2v) is 8.91. The summed E-state index contributed by atoms with van der Waals surface area (Å²) in [7, 11) is 3.58. The van der Waals surface area contributed by atoms with Gasteiger partial charge in [-0.05, 0) is 36.5 Å². The zero-order chi connectivity index (χ0) is 24.4. The van der Waals surface area contributed by atoms with Gasteiger partial charge in [-0.3, -0.25) is 24.5 Å². The molecule has 1 aromatic carbocycles. The summed E-state index contributed by atoms with van der Waals surface area (Å²) < 4.78 is 0. The minimum absolute atomic E-state index is 0.0164. The van der Waals surface area contributed by atoms with E-state index in [1.54, 1.807) is 25.1 Å². The third-order valence-corrected chi connectivity index (χ3v) is 6.67. The molecule has 3 aliphatic carbocycles. The largest absolute Gasteiger partial charge is 0.511 e. The van der Waals surface area contributed by atoms with Crippen molar-refractivity contribution >= 4 is 29.1 Å². The lowest BCUT2D eigenvalue weighted by Gasteiger charge is -2.45. The summed E-state index contributed by atoms with van der Waals surface area (Å²) in [5, 5.41) is 45.0. The highest BCUT2D eigenvalue weighted by atomic mass is 16.3. The molecule has 5 N–H and O–H groups in total. The highest BCUT2D eigenvalue weighted by Crippen LogP contribution is 2.52. The van der Waals surface area contributed by atoms with Crippen molar-refractivity contribution in [3.8, 4) is 5.75 Å². The zero-order valence-corrected chi connectivity index (χ0v) is 18.3. The molecule has 4 rings (SSSR count). The Bertz CT molecular complexity index is 1200. The van der Waals surface area contributed by atoms with Crippen molar-refractivity contribution in [2.75, 3.05) is 19.0 Å². The fraction of sp³-hybridized carbons (Fsp3) is 0.391. The number of nitrogens with zero attached hydrogens (tertiary/aromatic N) is 1. The average molecular weight is 456 g/mol. The van der Waals surface area contributed by atoms with Gasteiger partial charge >= 0.3 is 0 Å². The Morgan fingerprint density at radius 1 is 1.12 bits per heavy atom. The molecule has 0 saturated carbocycles. The van der Waals surface area contributed by atoms with Crippen molar-refractivity contribution in [3.63, 3.8) is 0 Å². The normalized spacial score (nSPS) is 26.4. The molecule has 2 amide bonds. The van der Waals surface area contributed by atoms with E-state index in [1.807, 2.05) is 5.32 Å². The number of hydrogen-bond donors (Lipinski definition) is 5. The van der Waals surface area contributed by atoms with E-state index in [-0.39, 0.29) is 36.1 Å². The molecule has 0 bridgehead atoms. The summed E-state index contributed by atoms with van der Waals surface area (Å²) in [4.78, 5) is 51.9. The summed E-state index contributed by atoms with van der Waals surface area (Å²) in [5.74, 6) is -7.34. The van der Waals surface area contributed by atoms with Crippen LogP contribution in [-0.4, -0.2) is 63.5 Å². The predicted molar refractivity (Wildman–Crippen MR) is 115 cm³/mol. The number of fused-ring (bicyclic) bond motifs is 3. The number of aliphatic hydroxyl groups is 3. The third kappa shape index (κ3) is 3.12. The Labute approximate surface area is 188 Å². The van der Waals surface area contributed by atoms with Gasteiger partial charge in [0.25, 0.3) is 5.91 Å². The summed E-state index contributed by atoms with van der Waals surface area (Å²) in [5.41, 5.74) is -2.38. The molecule has 3 atom stereocenters. The summed E-state index contributed by atoms with van der Waals surface area (Å²) in [6, 6.07) is 3.04. The van der Waals surface area contributed by atoms with Crippen LogP contribution in [-0.2, 0) is 20.8 Å². The third-order valence-electron chi connectivity index (χ3n) is 6.67. The number of carbonyl (C=O) groups is 4. The fourth-order valence-electron chi connectivity index (χ4n) is 5.22. The molecule has 0 unspecified atom stereocenters.